The number of nitrogens with one attached hydrogen (secondary N) is 1. The molecule has 0 aliphatic heterocycles. The van der Waals surface area contributed by atoms with Crippen LogP contribution in [0.1, 0.15) is 116 Å². The molecule has 5 nitrogen and oxygen atoms in total. The number of rotatable bonds is 18. The van der Waals surface area contributed by atoms with Crippen molar-refractivity contribution in [3.63, 3.8) is 0 Å². The SMILES string of the molecule is COC(=O)CCCCCCCCCCCCCCCNS(=O)(=O)C1CCCC1. The van der Waals surface area contributed by atoms with Crippen molar-refractivity contribution < 1.29 is 17.9 Å². The van der Waals surface area contributed by atoms with Gasteiger partial charge in [0.05, 0.1) is 12.4 Å². The first-order chi connectivity index (χ1) is 13.6. The Bertz CT molecular complexity index is 487. The van der Waals surface area contributed by atoms with Crippen LogP contribution in [-0.2, 0) is 19.6 Å². The third-order valence-electron chi connectivity index (χ3n) is 5.83. The first kappa shape index (κ1) is 25.4. The van der Waals surface area contributed by atoms with Crippen molar-refractivity contribution >= 4 is 16.0 Å². The summed E-state index contributed by atoms with van der Waals surface area (Å²) in [5.74, 6) is -0.0922. The molecule has 28 heavy (non-hydrogen) atoms. The van der Waals surface area contributed by atoms with Gasteiger partial charge in [-0.1, -0.05) is 83.5 Å². The molecular formula is C22H43NO4S. The second kappa shape index (κ2) is 16.2. The quantitative estimate of drug-likeness (QED) is 0.237. The van der Waals surface area contributed by atoms with Gasteiger partial charge in [-0.05, 0) is 25.7 Å². The van der Waals surface area contributed by atoms with Crippen LogP contribution in [0, 0.1) is 0 Å². The Morgan fingerprint density at radius 3 is 1.68 bits per heavy atom. The molecule has 0 radical (unpaired) electrons. The van der Waals surface area contributed by atoms with Gasteiger partial charge in [0, 0.05) is 13.0 Å². The minimum atomic E-state index is -3.05. The third kappa shape index (κ3) is 12.8. The summed E-state index contributed by atoms with van der Waals surface area (Å²) >= 11 is 0. The first-order valence-electron chi connectivity index (χ1n) is 11.6. The molecule has 166 valence electrons. The molecule has 0 aromatic rings. The lowest BCUT2D eigenvalue weighted by Crippen LogP contribution is -2.33. The van der Waals surface area contributed by atoms with Crippen LogP contribution in [0.3, 0.4) is 0 Å². The summed E-state index contributed by atoms with van der Waals surface area (Å²) in [4.78, 5) is 11.0. The maximum atomic E-state index is 12.1. The summed E-state index contributed by atoms with van der Waals surface area (Å²) in [7, 11) is -1.61. The second-order valence-corrected chi connectivity index (χ2v) is 10.3. The number of ether oxygens (including phenoxy) is 1. The Kier molecular flexibility index (Phi) is 14.7. The number of carbonyl (C=O) groups excluding carboxylic acids is 1. The van der Waals surface area contributed by atoms with E-state index < -0.39 is 10.0 Å². The fraction of sp³-hybridized carbons (Fsp3) is 0.955. The lowest BCUT2D eigenvalue weighted by Gasteiger charge is -2.12. The Labute approximate surface area is 173 Å². The van der Waals surface area contributed by atoms with Gasteiger partial charge in [0.1, 0.15) is 0 Å². The van der Waals surface area contributed by atoms with Crippen LogP contribution in [0.2, 0.25) is 0 Å². The van der Waals surface area contributed by atoms with E-state index in [2.05, 4.69) is 9.46 Å². The zero-order chi connectivity index (χ0) is 20.5. The average Bonchev–Trinajstić information content (AvgIpc) is 3.23. The summed E-state index contributed by atoms with van der Waals surface area (Å²) in [6.45, 7) is 0.610. The van der Waals surface area contributed by atoms with Crippen molar-refractivity contribution in [2.75, 3.05) is 13.7 Å². The predicted molar refractivity (Wildman–Crippen MR) is 116 cm³/mol. The fourth-order valence-electron chi connectivity index (χ4n) is 3.97. The lowest BCUT2D eigenvalue weighted by atomic mass is 10.0. The van der Waals surface area contributed by atoms with Gasteiger partial charge in [-0.25, -0.2) is 13.1 Å². The zero-order valence-electron chi connectivity index (χ0n) is 18.1. The minimum Gasteiger partial charge on any atom is -0.469 e. The number of sulfonamides is 1. The van der Waals surface area contributed by atoms with Crippen LogP contribution in [-0.4, -0.2) is 33.3 Å². The maximum Gasteiger partial charge on any atom is 0.305 e. The molecule has 1 aliphatic carbocycles. The largest absolute Gasteiger partial charge is 0.469 e. The molecule has 0 bridgehead atoms. The van der Waals surface area contributed by atoms with Crippen molar-refractivity contribution in [1.29, 1.82) is 0 Å². The van der Waals surface area contributed by atoms with E-state index in [0.717, 1.165) is 51.4 Å². The monoisotopic (exact) mass is 417 g/mol. The highest BCUT2D eigenvalue weighted by Crippen LogP contribution is 2.23. The molecule has 1 fully saturated rings. The maximum absolute atomic E-state index is 12.1. The molecule has 0 heterocycles. The molecule has 0 spiro atoms. The fourth-order valence-corrected chi connectivity index (χ4v) is 5.59. The Morgan fingerprint density at radius 1 is 0.786 bits per heavy atom. The normalized spacial score (nSPS) is 15.2. The zero-order valence-corrected chi connectivity index (χ0v) is 18.9. The Morgan fingerprint density at radius 2 is 1.21 bits per heavy atom. The van der Waals surface area contributed by atoms with Crippen molar-refractivity contribution in [3.05, 3.63) is 0 Å². The van der Waals surface area contributed by atoms with Gasteiger partial charge in [-0.3, -0.25) is 4.79 Å². The van der Waals surface area contributed by atoms with Gasteiger partial charge >= 0.3 is 5.97 Å². The standard InChI is InChI=1S/C22H43NO4S/c1-27-22(24)19-13-11-9-7-5-3-2-4-6-8-10-12-16-20-23-28(25,26)21-17-14-15-18-21/h21,23H,2-20H2,1H3. The molecule has 0 amide bonds. The average molecular weight is 418 g/mol. The molecule has 1 rings (SSSR count). The summed E-state index contributed by atoms with van der Waals surface area (Å²) in [6.07, 6.45) is 20.1. The van der Waals surface area contributed by atoms with E-state index in [1.807, 2.05) is 0 Å². The molecule has 0 saturated heterocycles. The highest BCUT2D eigenvalue weighted by atomic mass is 32.2. The van der Waals surface area contributed by atoms with Crippen LogP contribution in [0.5, 0.6) is 0 Å². The van der Waals surface area contributed by atoms with E-state index in [1.165, 1.54) is 64.9 Å². The van der Waals surface area contributed by atoms with Gasteiger partial charge in [0.2, 0.25) is 10.0 Å². The van der Waals surface area contributed by atoms with Crippen molar-refractivity contribution in [2.45, 2.75) is 121 Å². The molecular weight excluding hydrogens is 374 g/mol. The smallest absolute Gasteiger partial charge is 0.305 e. The van der Waals surface area contributed by atoms with Crippen LogP contribution in [0.4, 0.5) is 0 Å². The van der Waals surface area contributed by atoms with E-state index in [4.69, 9.17) is 0 Å². The Balaban J connectivity index is 1.77. The van der Waals surface area contributed by atoms with Crippen LogP contribution >= 0.6 is 0 Å². The number of hydrogen-bond acceptors (Lipinski definition) is 4. The molecule has 0 atom stereocenters. The number of carbonyl (C=O) groups is 1. The van der Waals surface area contributed by atoms with Crippen LogP contribution in [0.25, 0.3) is 0 Å². The van der Waals surface area contributed by atoms with Gasteiger partial charge in [-0.15, -0.1) is 0 Å². The molecule has 1 aliphatic rings. The molecule has 1 saturated carbocycles. The van der Waals surface area contributed by atoms with Gasteiger partial charge in [-0.2, -0.15) is 0 Å². The molecule has 0 aromatic heterocycles. The van der Waals surface area contributed by atoms with Crippen molar-refractivity contribution in [3.8, 4) is 0 Å². The molecule has 1 N–H and O–H groups in total. The number of methoxy groups -OCH3 is 1. The van der Waals surface area contributed by atoms with Crippen LogP contribution in [0.15, 0.2) is 0 Å². The molecule has 0 unspecified atom stereocenters. The van der Waals surface area contributed by atoms with Gasteiger partial charge in [0.25, 0.3) is 0 Å². The summed E-state index contributed by atoms with van der Waals surface area (Å²) in [5, 5.41) is -0.132. The second-order valence-electron chi connectivity index (χ2n) is 8.27. The lowest BCUT2D eigenvalue weighted by molar-refractivity contribution is -0.140. The number of hydrogen-bond donors (Lipinski definition) is 1. The van der Waals surface area contributed by atoms with Crippen molar-refractivity contribution in [2.24, 2.45) is 0 Å². The molecule has 6 heteroatoms. The first-order valence-corrected chi connectivity index (χ1v) is 13.2. The van der Waals surface area contributed by atoms with E-state index >= 15 is 0 Å². The summed E-state index contributed by atoms with van der Waals surface area (Å²) < 4.78 is 31.6. The third-order valence-corrected chi connectivity index (χ3v) is 7.79. The number of unbranched alkanes of at least 4 members (excludes halogenated alkanes) is 12. The predicted octanol–water partition coefficient (Wildman–Crippen LogP) is 5.48. The summed E-state index contributed by atoms with van der Waals surface area (Å²) in [5.41, 5.74) is 0. The number of esters is 1. The summed E-state index contributed by atoms with van der Waals surface area (Å²) in [6, 6.07) is 0. The van der Waals surface area contributed by atoms with Gasteiger partial charge < -0.3 is 4.74 Å². The van der Waals surface area contributed by atoms with Crippen molar-refractivity contribution in [1.82, 2.24) is 4.72 Å². The highest BCUT2D eigenvalue weighted by Gasteiger charge is 2.27. The van der Waals surface area contributed by atoms with Crippen LogP contribution < -0.4 is 4.72 Å². The van der Waals surface area contributed by atoms with E-state index in [0.29, 0.717) is 13.0 Å². The van der Waals surface area contributed by atoms with E-state index in [9.17, 15) is 13.2 Å². The van der Waals surface area contributed by atoms with E-state index in [-0.39, 0.29) is 11.2 Å². The highest BCUT2D eigenvalue weighted by molar-refractivity contribution is 7.90. The Hall–Kier alpha value is -0.620. The topological polar surface area (TPSA) is 72.5 Å². The molecule has 0 aromatic carbocycles. The minimum absolute atomic E-state index is 0.0922. The van der Waals surface area contributed by atoms with E-state index in [1.54, 1.807) is 0 Å². The van der Waals surface area contributed by atoms with Gasteiger partial charge in [0.15, 0.2) is 0 Å².